The van der Waals surface area contributed by atoms with E-state index >= 15 is 0 Å². The predicted octanol–water partition coefficient (Wildman–Crippen LogP) is 1.15. The van der Waals surface area contributed by atoms with Gasteiger partial charge in [0.15, 0.2) is 0 Å². The summed E-state index contributed by atoms with van der Waals surface area (Å²) in [5.41, 5.74) is 0. The first kappa shape index (κ1) is 12.3. The van der Waals surface area contributed by atoms with Crippen LogP contribution in [0.15, 0.2) is 0 Å². The summed E-state index contributed by atoms with van der Waals surface area (Å²) in [6, 6.07) is 1.52. The van der Waals surface area contributed by atoms with Crippen molar-refractivity contribution >= 4 is 0 Å². The number of rotatable bonds is 3. The molecule has 3 heteroatoms. The van der Waals surface area contributed by atoms with Gasteiger partial charge in [-0.2, -0.15) is 0 Å². The minimum absolute atomic E-state index is 0.679. The molecule has 94 valence electrons. The lowest BCUT2D eigenvalue weighted by Gasteiger charge is -2.36. The van der Waals surface area contributed by atoms with E-state index in [0.29, 0.717) is 6.04 Å². The Morgan fingerprint density at radius 1 is 1.25 bits per heavy atom. The molecular weight excluding hydrogens is 198 g/mol. The van der Waals surface area contributed by atoms with E-state index in [4.69, 9.17) is 0 Å². The average Bonchev–Trinajstić information content (AvgIpc) is 2.28. The van der Waals surface area contributed by atoms with E-state index in [1.165, 1.54) is 58.4 Å². The molecule has 2 saturated heterocycles. The fourth-order valence-electron chi connectivity index (χ4n) is 3.06. The van der Waals surface area contributed by atoms with E-state index in [1.54, 1.807) is 0 Å². The monoisotopic (exact) mass is 225 g/mol. The topological polar surface area (TPSA) is 18.5 Å². The maximum absolute atomic E-state index is 3.51. The average molecular weight is 225 g/mol. The van der Waals surface area contributed by atoms with Crippen LogP contribution in [0.3, 0.4) is 0 Å². The zero-order valence-corrected chi connectivity index (χ0v) is 10.9. The first-order valence-corrected chi connectivity index (χ1v) is 6.91. The summed E-state index contributed by atoms with van der Waals surface area (Å²) in [5, 5.41) is 3.51. The van der Waals surface area contributed by atoms with Gasteiger partial charge in [-0.15, -0.1) is 0 Å². The lowest BCUT2D eigenvalue weighted by molar-refractivity contribution is 0.140. The van der Waals surface area contributed by atoms with Crippen molar-refractivity contribution < 1.29 is 0 Å². The van der Waals surface area contributed by atoms with Crippen LogP contribution in [0.1, 0.15) is 32.6 Å². The molecule has 2 aliphatic rings. The molecule has 0 aromatic rings. The molecule has 0 aromatic heterocycles. The second kappa shape index (κ2) is 5.99. The quantitative estimate of drug-likeness (QED) is 0.777. The summed E-state index contributed by atoms with van der Waals surface area (Å²) in [6.45, 7) is 8.53. The molecule has 16 heavy (non-hydrogen) atoms. The number of hydrogen-bond acceptors (Lipinski definition) is 3. The molecule has 2 heterocycles. The Morgan fingerprint density at radius 2 is 2.12 bits per heavy atom. The molecule has 0 radical (unpaired) electrons. The largest absolute Gasteiger partial charge is 0.312 e. The third kappa shape index (κ3) is 3.44. The first-order valence-electron chi connectivity index (χ1n) is 6.91. The summed E-state index contributed by atoms with van der Waals surface area (Å²) in [5.74, 6) is 0. The fourth-order valence-corrected chi connectivity index (χ4v) is 3.06. The van der Waals surface area contributed by atoms with Crippen LogP contribution in [-0.2, 0) is 0 Å². The van der Waals surface area contributed by atoms with Crippen LogP contribution in [-0.4, -0.2) is 61.7 Å². The summed E-state index contributed by atoms with van der Waals surface area (Å²) in [7, 11) is 2.30. The zero-order valence-electron chi connectivity index (χ0n) is 10.9. The van der Waals surface area contributed by atoms with Gasteiger partial charge in [0.05, 0.1) is 0 Å². The molecule has 2 rings (SSSR count). The summed E-state index contributed by atoms with van der Waals surface area (Å²) in [6.07, 6.45) is 5.62. The SMILES string of the molecule is C[C@H]1CN(CCC2CCCCN2C)CCN1. The second-order valence-corrected chi connectivity index (χ2v) is 5.57. The predicted molar refractivity (Wildman–Crippen MR) is 68.8 cm³/mol. The maximum Gasteiger partial charge on any atom is 0.0167 e. The highest BCUT2D eigenvalue weighted by atomic mass is 15.2. The van der Waals surface area contributed by atoms with Gasteiger partial charge in [0, 0.05) is 31.7 Å². The Kier molecular flexibility index (Phi) is 4.62. The van der Waals surface area contributed by atoms with Crippen LogP contribution in [0.5, 0.6) is 0 Å². The van der Waals surface area contributed by atoms with Crippen molar-refractivity contribution in [2.24, 2.45) is 0 Å². The molecule has 3 nitrogen and oxygen atoms in total. The van der Waals surface area contributed by atoms with Gasteiger partial charge in [-0.05, 0) is 46.3 Å². The molecule has 2 fully saturated rings. The first-order chi connectivity index (χ1) is 7.75. The molecule has 0 spiro atoms. The Hall–Kier alpha value is -0.120. The van der Waals surface area contributed by atoms with Gasteiger partial charge in [-0.1, -0.05) is 6.42 Å². The van der Waals surface area contributed by atoms with E-state index < -0.39 is 0 Å². The van der Waals surface area contributed by atoms with Crippen molar-refractivity contribution in [2.45, 2.75) is 44.7 Å². The van der Waals surface area contributed by atoms with Crippen LogP contribution >= 0.6 is 0 Å². The molecule has 0 saturated carbocycles. The molecule has 2 atom stereocenters. The van der Waals surface area contributed by atoms with Crippen LogP contribution in [0.4, 0.5) is 0 Å². The smallest absolute Gasteiger partial charge is 0.0167 e. The van der Waals surface area contributed by atoms with Gasteiger partial charge in [-0.25, -0.2) is 0 Å². The Morgan fingerprint density at radius 3 is 2.88 bits per heavy atom. The zero-order chi connectivity index (χ0) is 11.4. The molecule has 0 amide bonds. The number of nitrogens with one attached hydrogen (secondary N) is 1. The Balaban J connectivity index is 1.69. The second-order valence-electron chi connectivity index (χ2n) is 5.57. The number of hydrogen-bond donors (Lipinski definition) is 1. The van der Waals surface area contributed by atoms with Crippen molar-refractivity contribution in [3.05, 3.63) is 0 Å². The Bertz CT molecular complexity index is 207. The fraction of sp³-hybridized carbons (Fsp3) is 1.00. The molecule has 2 aliphatic heterocycles. The van der Waals surface area contributed by atoms with E-state index in [2.05, 4.69) is 29.1 Å². The maximum atomic E-state index is 3.51. The summed E-state index contributed by atoms with van der Waals surface area (Å²) >= 11 is 0. The highest BCUT2D eigenvalue weighted by Crippen LogP contribution is 2.18. The Labute approximate surface area is 100 Å². The van der Waals surface area contributed by atoms with Crippen molar-refractivity contribution in [2.75, 3.05) is 39.8 Å². The van der Waals surface area contributed by atoms with Crippen LogP contribution in [0.2, 0.25) is 0 Å². The van der Waals surface area contributed by atoms with Crippen LogP contribution < -0.4 is 5.32 Å². The van der Waals surface area contributed by atoms with Crippen molar-refractivity contribution in [1.82, 2.24) is 15.1 Å². The standard InChI is InChI=1S/C13H27N3/c1-12-11-16(10-7-14-12)9-6-13-5-3-4-8-15(13)2/h12-14H,3-11H2,1-2H3/t12-,13?/m0/s1. The third-order valence-corrected chi connectivity index (χ3v) is 4.15. The van der Waals surface area contributed by atoms with E-state index in [-0.39, 0.29) is 0 Å². The number of nitrogens with zero attached hydrogens (tertiary/aromatic N) is 2. The van der Waals surface area contributed by atoms with Gasteiger partial charge in [0.1, 0.15) is 0 Å². The van der Waals surface area contributed by atoms with E-state index in [1.807, 2.05) is 0 Å². The van der Waals surface area contributed by atoms with Crippen molar-refractivity contribution in [1.29, 1.82) is 0 Å². The van der Waals surface area contributed by atoms with Gasteiger partial charge >= 0.3 is 0 Å². The van der Waals surface area contributed by atoms with Gasteiger partial charge in [0.25, 0.3) is 0 Å². The normalized spacial score (nSPS) is 34.1. The molecule has 1 unspecified atom stereocenters. The number of piperidine rings is 1. The molecular formula is C13H27N3. The molecule has 0 bridgehead atoms. The van der Waals surface area contributed by atoms with Gasteiger partial charge in [-0.3, -0.25) is 0 Å². The van der Waals surface area contributed by atoms with Crippen LogP contribution in [0, 0.1) is 0 Å². The van der Waals surface area contributed by atoms with Crippen LogP contribution in [0.25, 0.3) is 0 Å². The lowest BCUT2D eigenvalue weighted by atomic mass is 10.00. The minimum atomic E-state index is 0.679. The van der Waals surface area contributed by atoms with E-state index in [0.717, 1.165) is 6.04 Å². The lowest BCUT2D eigenvalue weighted by Crippen LogP contribution is -2.50. The molecule has 0 aromatic carbocycles. The number of piperazine rings is 1. The third-order valence-electron chi connectivity index (χ3n) is 4.15. The van der Waals surface area contributed by atoms with Gasteiger partial charge < -0.3 is 15.1 Å². The van der Waals surface area contributed by atoms with Gasteiger partial charge in [0.2, 0.25) is 0 Å². The van der Waals surface area contributed by atoms with Crippen molar-refractivity contribution in [3.63, 3.8) is 0 Å². The summed E-state index contributed by atoms with van der Waals surface area (Å²) in [4.78, 5) is 5.19. The van der Waals surface area contributed by atoms with E-state index in [9.17, 15) is 0 Å². The van der Waals surface area contributed by atoms with Crippen molar-refractivity contribution in [3.8, 4) is 0 Å². The minimum Gasteiger partial charge on any atom is -0.312 e. The molecule has 1 N–H and O–H groups in total. The highest BCUT2D eigenvalue weighted by molar-refractivity contribution is 4.79. The highest BCUT2D eigenvalue weighted by Gasteiger charge is 2.21. The number of likely N-dealkylation sites (tertiary alicyclic amines) is 1. The summed E-state index contributed by atoms with van der Waals surface area (Å²) < 4.78 is 0. The molecule has 0 aliphatic carbocycles.